The fourth-order valence-corrected chi connectivity index (χ4v) is 1.29. The van der Waals surface area contributed by atoms with E-state index in [1.807, 2.05) is 13.8 Å². The Bertz CT molecular complexity index is 366. The summed E-state index contributed by atoms with van der Waals surface area (Å²) >= 11 is 0. The normalized spacial score (nSPS) is 10.5. The monoisotopic (exact) mass is 223 g/mol. The van der Waals surface area contributed by atoms with Crippen LogP contribution in [-0.4, -0.2) is 28.5 Å². The average molecular weight is 223 g/mol. The molecule has 1 heterocycles. The molecule has 6 nitrogen and oxygen atoms in total. The van der Waals surface area contributed by atoms with Gasteiger partial charge in [-0.25, -0.2) is 9.97 Å². The number of nitrogens with two attached hydrogens (primary N) is 2. The number of carbonyl (C=O) groups is 1. The molecule has 1 rings (SSSR count). The van der Waals surface area contributed by atoms with Crippen molar-refractivity contribution in [3.63, 3.8) is 0 Å². The van der Waals surface area contributed by atoms with E-state index in [-0.39, 0.29) is 12.6 Å². The van der Waals surface area contributed by atoms with Gasteiger partial charge >= 0.3 is 0 Å². The number of aromatic nitrogens is 2. The molecule has 1 amide bonds. The van der Waals surface area contributed by atoms with Gasteiger partial charge in [0.1, 0.15) is 0 Å². The topological polar surface area (TPSA) is 98.1 Å². The van der Waals surface area contributed by atoms with Crippen LogP contribution < -0.4 is 16.4 Å². The van der Waals surface area contributed by atoms with Crippen LogP contribution in [0.1, 0.15) is 19.5 Å². The van der Waals surface area contributed by atoms with Crippen molar-refractivity contribution < 1.29 is 4.79 Å². The standard InChI is InChI=1S/C10H17N5O/c1-7(2)15(6-9(12)16)10-13-4-3-8(5-11)14-10/h3-4,7H,5-6,11H2,1-2H3,(H2,12,16). The van der Waals surface area contributed by atoms with E-state index in [0.717, 1.165) is 5.69 Å². The van der Waals surface area contributed by atoms with Crippen LogP contribution >= 0.6 is 0 Å². The summed E-state index contributed by atoms with van der Waals surface area (Å²) in [7, 11) is 0. The summed E-state index contributed by atoms with van der Waals surface area (Å²) in [6.45, 7) is 4.34. The molecule has 0 spiro atoms. The molecule has 16 heavy (non-hydrogen) atoms. The minimum absolute atomic E-state index is 0.0977. The highest BCUT2D eigenvalue weighted by Crippen LogP contribution is 2.10. The number of hydrogen-bond donors (Lipinski definition) is 2. The first-order chi connectivity index (χ1) is 7.54. The number of anilines is 1. The predicted molar refractivity (Wildman–Crippen MR) is 61.6 cm³/mol. The SMILES string of the molecule is CC(C)N(CC(N)=O)c1nccc(CN)n1. The van der Waals surface area contributed by atoms with Gasteiger partial charge in [0, 0.05) is 18.8 Å². The second-order valence-electron chi connectivity index (χ2n) is 3.74. The van der Waals surface area contributed by atoms with E-state index < -0.39 is 5.91 Å². The van der Waals surface area contributed by atoms with Gasteiger partial charge in [-0.05, 0) is 19.9 Å². The molecule has 0 saturated heterocycles. The minimum Gasteiger partial charge on any atom is -0.368 e. The third kappa shape index (κ3) is 3.16. The van der Waals surface area contributed by atoms with Crippen LogP contribution in [0.15, 0.2) is 12.3 Å². The van der Waals surface area contributed by atoms with Gasteiger partial charge in [0.2, 0.25) is 11.9 Å². The minimum atomic E-state index is -0.407. The molecular formula is C10H17N5O. The molecule has 1 aromatic heterocycles. The lowest BCUT2D eigenvalue weighted by Crippen LogP contribution is -2.39. The summed E-state index contributed by atoms with van der Waals surface area (Å²) in [6.07, 6.45) is 1.63. The van der Waals surface area contributed by atoms with Crippen molar-refractivity contribution in [1.29, 1.82) is 0 Å². The quantitative estimate of drug-likeness (QED) is 0.710. The van der Waals surface area contributed by atoms with E-state index >= 15 is 0 Å². The lowest BCUT2D eigenvalue weighted by molar-refractivity contribution is -0.116. The molecule has 1 aromatic rings. The first kappa shape index (κ1) is 12.4. The van der Waals surface area contributed by atoms with Crippen molar-refractivity contribution in [3.8, 4) is 0 Å². The zero-order valence-corrected chi connectivity index (χ0v) is 9.55. The highest BCUT2D eigenvalue weighted by Gasteiger charge is 2.15. The molecule has 0 aromatic carbocycles. The van der Waals surface area contributed by atoms with Crippen LogP contribution in [0.3, 0.4) is 0 Å². The highest BCUT2D eigenvalue weighted by atomic mass is 16.1. The summed E-state index contributed by atoms with van der Waals surface area (Å²) < 4.78 is 0. The smallest absolute Gasteiger partial charge is 0.237 e. The molecule has 0 aliphatic heterocycles. The number of carbonyl (C=O) groups excluding carboxylic acids is 1. The maximum Gasteiger partial charge on any atom is 0.237 e. The second kappa shape index (κ2) is 5.41. The number of amides is 1. The van der Waals surface area contributed by atoms with Crippen LogP contribution in [0, 0.1) is 0 Å². The first-order valence-corrected chi connectivity index (χ1v) is 5.11. The number of primary amides is 1. The van der Waals surface area contributed by atoms with Crippen molar-refractivity contribution in [2.24, 2.45) is 11.5 Å². The van der Waals surface area contributed by atoms with Gasteiger partial charge in [-0.2, -0.15) is 0 Å². The Hall–Kier alpha value is -1.69. The van der Waals surface area contributed by atoms with Crippen LogP contribution in [0.2, 0.25) is 0 Å². The Morgan fingerprint density at radius 2 is 2.25 bits per heavy atom. The molecule has 0 aliphatic rings. The molecule has 0 aliphatic carbocycles. The van der Waals surface area contributed by atoms with E-state index in [4.69, 9.17) is 11.5 Å². The molecule has 88 valence electrons. The van der Waals surface area contributed by atoms with Crippen molar-refractivity contribution >= 4 is 11.9 Å². The molecule has 0 radical (unpaired) electrons. The van der Waals surface area contributed by atoms with Crippen LogP contribution in [-0.2, 0) is 11.3 Å². The van der Waals surface area contributed by atoms with Crippen molar-refractivity contribution in [2.75, 3.05) is 11.4 Å². The molecule has 0 bridgehead atoms. The Morgan fingerprint density at radius 1 is 1.56 bits per heavy atom. The van der Waals surface area contributed by atoms with Gasteiger partial charge in [-0.3, -0.25) is 4.79 Å². The third-order valence-electron chi connectivity index (χ3n) is 2.12. The predicted octanol–water partition coefficient (Wildman–Crippen LogP) is -0.365. The maximum absolute atomic E-state index is 10.9. The molecule has 0 unspecified atom stereocenters. The summed E-state index contributed by atoms with van der Waals surface area (Å²) in [5.74, 6) is 0.0761. The summed E-state index contributed by atoms with van der Waals surface area (Å²) in [5.41, 5.74) is 11.4. The summed E-state index contributed by atoms with van der Waals surface area (Å²) in [6, 6.07) is 1.84. The molecule has 0 fully saturated rings. The van der Waals surface area contributed by atoms with Gasteiger partial charge in [0.05, 0.1) is 12.2 Å². The van der Waals surface area contributed by atoms with E-state index in [0.29, 0.717) is 12.5 Å². The van der Waals surface area contributed by atoms with Gasteiger partial charge in [-0.1, -0.05) is 0 Å². The first-order valence-electron chi connectivity index (χ1n) is 5.11. The molecule has 0 saturated carbocycles. The lowest BCUT2D eigenvalue weighted by Gasteiger charge is -2.25. The van der Waals surface area contributed by atoms with Crippen molar-refractivity contribution in [1.82, 2.24) is 9.97 Å². The van der Waals surface area contributed by atoms with Gasteiger partial charge in [0.25, 0.3) is 0 Å². The van der Waals surface area contributed by atoms with E-state index in [9.17, 15) is 4.79 Å². The Labute approximate surface area is 94.7 Å². The largest absolute Gasteiger partial charge is 0.368 e. The number of rotatable bonds is 5. The van der Waals surface area contributed by atoms with Gasteiger partial charge in [0.15, 0.2) is 0 Å². The third-order valence-corrected chi connectivity index (χ3v) is 2.12. The highest BCUT2D eigenvalue weighted by molar-refractivity contribution is 5.78. The maximum atomic E-state index is 10.9. The fraction of sp³-hybridized carbons (Fsp3) is 0.500. The van der Waals surface area contributed by atoms with Crippen molar-refractivity contribution in [3.05, 3.63) is 18.0 Å². The molecule has 4 N–H and O–H groups in total. The van der Waals surface area contributed by atoms with Gasteiger partial charge in [-0.15, -0.1) is 0 Å². The number of nitrogens with zero attached hydrogens (tertiary/aromatic N) is 3. The van der Waals surface area contributed by atoms with Crippen LogP contribution in [0.4, 0.5) is 5.95 Å². The Balaban J connectivity index is 2.95. The Kier molecular flexibility index (Phi) is 4.19. The summed E-state index contributed by atoms with van der Waals surface area (Å²) in [4.78, 5) is 21.0. The van der Waals surface area contributed by atoms with Crippen LogP contribution in [0.25, 0.3) is 0 Å². The summed E-state index contributed by atoms with van der Waals surface area (Å²) in [5, 5.41) is 0. The number of hydrogen-bond acceptors (Lipinski definition) is 5. The van der Waals surface area contributed by atoms with Gasteiger partial charge < -0.3 is 16.4 Å². The molecule has 0 atom stereocenters. The Morgan fingerprint density at radius 3 is 2.75 bits per heavy atom. The molecule has 6 heteroatoms. The van der Waals surface area contributed by atoms with E-state index in [1.165, 1.54) is 0 Å². The van der Waals surface area contributed by atoms with E-state index in [1.54, 1.807) is 17.2 Å². The fourth-order valence-electron chi connectivity index (χ4n) is 1.29. The zero-order chi connectivity index (χ0) is 12.1. The van der Waals surface area contributed by atoms with Crippen LogP contribution in [0.5, 0.6) is 0 Å². The van der Waals surface area contributed by atoms with Crippen molar-refractivity contribution in [2.45, 2.75) is 26.4 Å². The second-order valence-corrected chi connectivity index (χ2v) is 3.74. The van der Waals surface area contributed by atoms with E-state index in [2.05, 4.69) is 9.97 Å². The molecular weight excluding hydrogens is 206 g/mol. The average Bonchev–Trinajstić information content (AvgIpc) is 2.25. The zero-order valence-electron chi connectivity index (χ0n) is 9.55. The lowest BCUT2D eigenvalue weighted by atomic mass is 10.3.